The van der Waals surface area contributed by atoms with Crippen molar-refractivity contribution in [1.82, 2.24) is 14.9 Å². The summed E-state index contributed by atoms with van der Waals surface area (Å²) in [7, 11) is 2.14. The van der Waals surface area contributed by atoms with E-state index >= 15 is 0 Å². The van der Waals surface area contributed by atoms with Gasteiger partial charge in [0.15, 0.2) is 0 Å². The van der Waals surface area contributed by atoms with Gasteiger partial charge in [-0.05, 0) is 48.7 Å². The van der Waals surface area contributed by atoms with Crippen molar-refractivity contribution in [2.75, 3.05) is 60.3 Å². The Morgan fingerprint density at radius 3 is 2.52 bits per heavy atom. The molecule has 294 valence electrons. The SMILES string of the molecule is COCCCc1nc2c(C(CCOCC[Si](C)(C)C)OC3CN(C(=O)O)CCC3c3ccc(OCCCOCc4ccccc4OC)cc3)cccc2[nH]1. The smallest absolute Gasteiger partial charge is 0.407 e. The monoisotopic (exact) mass is 761 g/mol. The molecule has 1 aromatic heterocycles. The molecule has 2 heterocycles. The van der Waals surface area contributed by atoms with Crippen molar-refractivity contribution in [3.05, 3.63) is 89.2 Å². The lowest BCUT2D eigenvalue weighted by Gasteiger charge is -2.39. The highest BCUT2D eigenvalue weighted by Crippen LogP contribution is 2.37. The van der Waals surface area contributed by atoms with Gasteiger partial charge in [0.2, 0.25) is 0 Å². The van der Waals surface area contributed by atoms with Crippen molar-refractivity contribution >= 4 is 25.2 Å². The van der Waals surface area contributed by atoms with E-state index in [2.05, 4.69) is 42.8 Å². The van der Waals surface area contributed by atoms with E-state index in [0.717, 1.165) is 77.0 Å². The normalized spacial score (nSPS) is 16.8. The van der Waals surface area contributed by atoms with Crippen molar-refractivity contribution in [2.24, 2.45) is 0 Å². The van der Waals surface area contributed by atoms with E-state index in [4.69, 9.17) is 33.4 Å². The first-order valence-corrected chi connectivity index (χ1v) is 23.0. The minimum absolute atomic E-state index is 0.00340. The lowest BCUT2D eigenvalue weighted by atomic mass is 9.86. The van der Waals surface area contributed by atoms with E-state index in [1.54, 1.807) is 14.2 Å². The molecule has 3 aromatic carbocycles. The Morgan fingerprint density at radius 2 is 1.76 bits per heavy atom. The van der Waals surface area contributed by atoms with Gasteiger partial charge in [-0.3, -0.25) is 0 Å². The third-order valence-electron chi connectivity index (χ3n) is 9.85. The van der Waals surface area contributed by atoms with Crippen LogP contribution in [0, 0.1) is 0 Å². The van der Waals surface area contributed by atoms with E-state index < -0.39 is 14.2 Å². The number of amides is 1. The number of ether oxygens (including phenoxy) is 6. The van der Waals surface area contributed by atoms with E-state index in [0.29, 0.717) is 52.4 Å². The van der Waals surface area contributed by atoms with E-state index in [-0.39, 0.29) is 24.7 Å². The second-order valence-corrected chi connectivity index (χ2v) is 20.8. The summed E-state index contributed by atoms with van der Waals surface area (Å²) in [6.45, 7) is 11.3. The summed E-state index contributed by atoms with van der Waals surface area (Å²) < 4.78 is 35.8. The first-order chi connectivity index (χ1) is 26.1. The first-order valence-electron chi connectivity index (χ1n) is 19.2. The molecular weight excluding hydrogens is 703 g/mol. The van der Waals surface area contributed by atoms with Gasteiger partial charge in [-0.1, -0.05) is 62.1 Å². The zero-order chi connectivity index (χ0) is 38.3. The average Bonchev–Trinajstić information content (AvgIpc) is 3.59. The molecule has 0 saturated carbocycles. The van der Waals surface area contributed by atoms with Crippen molar-refractivity contribution < 1.29 is 38.3 Å². The van der Waals surface area contributed by atoms with E-state index in [1.807, 2.05) is 48.5 Å². The number of carboxylic acid groups (broad SMARTS) is 1. The van der Waals surface area contributed by atoms with E-state index in [1.165, 1.54) is 4.90 Å². The lowest BCUT2D eigenvalue weighted by Crippen LogP contribution is -2.46. The highest BCUT2D eigenvalue weighted by molar-refractivity contribution is 6.76. The summed E-state index contributed by atoms with van der Waals surface area (Å²) in [4.78, 5) is 22.2. The van der Waals surface area contributed by atoms with Crippen LogP contribution in [-0.4, -0.2) is 101 Å². The largest absolute Gasteiger partial charge is 0.496 e. The molecule has 0 bridgehead atoms. The molecule has 1 saturated heterocycles. The molecule has 3 unspecified atom stereocenters. The molecule has 0 spiro atoms. The molecule has 1 aliphatic rings. The van der Waals surface area contributed by atoms with Crippen LogP contribution in [0.15, 0.2) is 66.7 Å². The predicted molar refractivity (Wildman–Crippen MR) is 214 cm³/mol. The number of aryl methyl sites for hydroxylation is 1. The lowest BCUT2D eigenvalue weighted by molar-refractivity contribution is -0.0672. The van der Waals surface area contributed by atoms with Gasteiger partial charge >= 0.3 is 6.09 Å². The first kappa shape index (κ1) is 41.2. The Hall–Kier alpha value is -3.94. The fourth-order valence-electron chi connectivity index (χ4n) is 6.82. The molecule has 1 aliphatic heterocycles. The van der Waals surface area contributed by atoms with Gasteiger partial charge in [0.1, 0.15) is 17.3 Å². The number of hydrogen-bond donors (Lipinski definition) is 2. The molecule has 12 heteroatoms. The van der Waals surface area contributed by atoms with Crippen molar-refractivity contribution in [3.63, 3.8) is 0 Å². The van der Waals surface area contributed by atoms with Gasteiger partial charge in [0.05, 0.1) is 56.7 Å². The topological polar surface area (TPSA) is 125 Å². The van der Waals surface area contributed by atoms with Crippen LogP contribution in [-0.2, 0) is 32.0 Å². The molecule has 11 nitrogen and oxygen atoms in total. The molecule has 2 N–H and O–H groups in total. The Morgan fingerprint density at radius 1 is 0.944 bits per heavy atom. The van der Waals surface area contributed by atoms with Crippen molar-refractivity contribution in [1.29, 1.82) is 0 Å². The van der Waals surface area contributed by atoms with Gasteiger partial charge in [0.25, 0.3) is 0 Å². The number of rotatable bonds is 22. The summed E-state index contributed by atoms with van der Waals surface area (Å²) in [5.74, 6) is 2.51. The fraction of sp³-hybridized carbons (Fsp3) is 0.524. The molecule has 3 atom stereocenters. The number of piperidine rings is 1. The Kier molecular flexibility index (Phi) is 15.8. The third-order valence-corrected chi connectivity index (χ3v) is 11.6. The number of fused-ring (bicyclic) bond motifs is 1. The maximum atomic E-state index is 12.2. The van der Waals surface area contributed by atoms with Crippen molar-refractivity contribution in [2.45, 2.75) is 82.5 Å². The van der Waals surface area contributed by atoms with Crippen LogP contribution in [0.25, 0.3) is 11.0 Å². The number of H-pyrrole nitrogens is 1. The summed E-state index contributed by atoms with van der Waals surface area (Å²) in [6, 6.07) is 23.3. The second kappa shape index (κ2) is 20.7. The number of para-hydroxylation sites is 2. The summed E-state index contributed by atoms with van der Waals surface area (Å²) in [5, 5.41) is 10.0. The maximum Gasteiger partial charge on any atom is 0.407 e. The number of benzene rings is 3. The van der Waals surface area contributed by atoms with Gasteiger partial charge in [0, 0.05) is 77.9 Å². The molecular formula is C42H59N3O8Si. The highest BCUT2D eigenvalue weighted by Gasteiger charge is 2.35. The quantitative estimate of drug-likeness (QED) is 0.0600. The highest BCUT2D eigenvalue weighted by atomic mass is 28.3. The molecule has 4 aromatic rings. The Bertz CT molecular complexity index is 1730. The van der Waals surface area contributed by atoms with Gasteiger partial charge in [-0.2, -0.15) is 0 Å². The Balaban J connectivity index is 1.27. The summed E-state index contributed by atoms with van der Waals surface area (Å²) in [6.07, 6.45) is 2.03. The van der Waals surface area contributed by atoms with Gasteiger partial charge in [-0.25, -0.2) is 9.78 Å². The molecule has 0 radical (unpaired) electrons. The maximum absolute atomic E-state index is 12.2. The number of likely N-dealkylation sites (tertiary alicyclic amines) is 1. The van der Waals surface area contributed by atoms with Crippen LogP contribution in [0.3, 0.4) is 0 Å². The average molecular weight is 762 g/mol. The van der Waals surface area contributed by atoms with Crippen LogP contribution in [0.1, 0.15) is 60.2 Å². The van der Waals surface area contributed by atoms with Crippen LogP contribution < -0.4 is 9.47 Å². The zero-order valence-electron chi connectivity index (χ0n) is 32.7. The second-order valence-electron chi connectivity index (χ2n) is 15.2. The zero-order valence-corrected chi connectivity index (χ0v) is 33.7. The number of methoxy groups -OCH3 is 2. The number of aromatic amines is 1. The number of carbonyl (C=O) groups is 1. The van der Waals surface area contributed by atoms with Gasteiger partial charge in [-0.15, -0.1) is 0 Å². The molecule has 54 heavy (non-hydrogen) atoms. The minimum atomic E-state index is -1.24. The standard InChI is InChI=1S/C42H59N3O8Si/c1-48-23-9-15-40-43-36-13-8-12-35(41(36)44-40)38(21-26-50-27-28-54(3,4)5)53-39-29-45(42(46)47)22-20-34(39)31-16-18-33(19-17-31)52-25-10-24-51-30-32-11-6-7-14-37(32)49-2/h6-8,11-14,16-19,34,38-39H,9-10,15,20-30H2,1-5H3,(H,43,44)(H,46,47). The minimum Gasteiger partial charge on any atom is -0.496 e. The number of aromatic nitrogens is 2. The van der Waals surface area contributed by atoms with E-state index in [9.17, 15) is 9.90 Å². The van der Waals surface area contributed by atoms with Crippen LogP contribution >= 0.6 is 0 Å². The summed E-state index contributed by atoms with van der Waals surface area (Å²) >= 11 is 0. The number of nitrogens with one attached hydrogen (secondary N) is 1. The van der Waals surface area contributed by atoms with Crippen LogP contribution in [0.4, 0.5) is 4.79 Å². The molecule has 5 rings (SSSR count). The Labute approximate surface area is 321 Å². The number of imidazole rings is 1. The van der Waals surface area contributed by atoms with Crippen LogP contribution in [0.2, 0.25) is 25.7 Å². The van der Waals surface area contributed by atoms with Gasteiger partial charge < -0.3 is 43.4 Å². The molecule has 1 fully saturated rings. The predicted octanol–water partition coefficient (Wildman–Crippen LogP) is 8.47. The number of hydrogen-bond acceptors (Lipinski definition) is 8. The molecule has 1 amide bonds. The van der Waals surface area contributed by atoms with Crippen LogP contribution in [0.5, 0.6) is 11.5 Å². The summed E-state index contributed by atoms with van der Waals surface area (Å²) in [5.41, 5.74) is 4.94. The third kappa shape index (κ3) is 12.3. The molecule has 0 aliphatic carbocycles. The van der Waals surface area contributed by atoms with Crippen molar-refractivity contribution in [3.8, 4) is 11.5 Å². The fourth-order valence-corrected chi connectivity index (χ4v) is 7.58. The number of nitrogens with zero attached hydrogens (tertiary/aromatic N) is 2.